The van der Waals surface area contributed by atoms with Crippen LogP contribution in [0, 0.1) is 47.3 Å². The van der Waals surface area contributed by atoms with Crippen molar-refractivity contribution < 1.29 is 64.8 Å². The summed E-state index contributed by atoms with van der Waals surface area (Å²) in [4.78, 5) is 57.0. The van der Waals surface area contributed by atoms with Gasteiger partial charge in [0.15, 0.2) is 0 Å². The van der Waals surface area contributed by atoms with Crippen LogP contribution in [0.5, 0.6) is 46.0 Å². The molecule has 0 N–H and O–H groups in total. The van der Waals surface area contributed by atoms with E-state index in [1.807, 2.05) is 0 Å². The minimum atomic E-state index is 0. The van der Waals surface area contributed by atoms with Gasteiger partial charge in [-0.15, -0.1) is 47.0 Å². The number of halogens is 4. The van der Waals surface area contributed by atoms with Crippen molar-refractivity contribution in [3.8, 4) is 91.5 Å². The minimum absolute atomic E-state index is 0. The molecule has 0 aliphatic carbocycles. The van der Waals surface area contributed by atoms with E-state index in [2.05, 4.69) is 188 Å². The molecule has 0 saturated heterocycles. The molecule has 0 unspecified atom stereocenters. The van der Waals surface area contributed by atoms with E-state index in [9.17, 15) is 0 Å². The molecule has 5 heterocycles. The van der Waals surface area contributed by atoms with Crippen LogP contribution >= 0.6 is 93.5 Å². The summed E-state index contributed by atoms with van der Waals surface area (Å²) in [6, 6.07) is 0. The van der Waals surface area contributed by atoms with Crippen LogP contribution in [0.15, 0.2) is 19.6 Å². The van der Waals surface area contributed by atoms with Crippen LogP contribution in [0.2, 0.25) is 20.1 Å². The topological polar surface area (TPSA) is 206 Å². The van der Waals surface area contributed by atoms with Crippen molar-refractivity contribution in [2.45, 2.75) is 237 Å². The molecule has 0 atom stereocenters. The first-order chi connectivity index (χ1) is 60.8. The van der Waals surface area contributed by atoms with Gasteiger partial charge >= 0.3 is 21.0 Å². The molecule has 7 aromatic rings. The number of hydrogen-bond donors (Lipinski definition) is 0. The average molecular weight is 1950 g/mol. The van der Waals surface area contributed by atoms with E-state index < -0.39 is 0 Å². The van der Waals surface area contributed by atoms with Gasteiger partial charge in [-0.2, -0.15) is 0 Å². The first kappa shape index (κ1) is 108. The van der Waals surface area contributed by atoms with Gasteiger partial charge in [-0.05, 0) is 152 Å². The maximum atomic E-state index is 8.29. The van der Waals surface area contributed by atoms with Crippen molar-refractivity contribution in [1.82, 2.24) is 54.6 Å². The maximum absolute atomic E-state index is 8.29. The van der Waals surface area contributed by atoms with Crippen LogP contribution in [-0.2, 0) is 21.0 Å². The van der Waals surface area contributed by atoms with Crippen LogP contribution in [0.4, 0.5) is 0 Å². The number of quaternary nitrogens is 1. The SMILES string of the molecule is CCN(CC)CCSc1c(Cl)c(OCCC(C)C)c2c(c1OCCC(C)C)-c1nc-2nc2[n-]c(nc3nc(nc4[n-]c(n1)c1c(OCCC(C)C)c(Cl)c(SCCN(CC)CC)c(OCCC(C)C)c41)-c1c(OCCC(C)C)c(Cl)c(SCC[N+](C)(CC)CC)c(OCCC(C)C)c1-3)c1c(OCCC(C)C)c(Cl)c(SCCN(CC)CC)c(OCCC(C)C)c21.[3H-].[O]=[V+2]. The Labute approximate surface area is 808 Å². The van der Waals surface area contributed by atoms with Crippen LogP contribution in [0.3, 0.4) is 0 Å². The Morgan fingerprint density at radius 1 is 0.315 bits per heavy atom. The van der Waals surface area contributed by atoms with Crippen molar-refractivity contribution >= 4 is 138 Å². The van der Waals surface area contributed by atoms with Gasteiger partial charge in [0.05, 0.1) is 145 Å². The molecule has 0 radical (unpaired) electrons. The molecule has 8 bridgehead atoms. The zero-order valence-corrected chi connectivity index (χ0v) is 88.6. The summed E-state index contributed by atoms with van der Waals surface area (Å²) in [5.74, 6) is 9.06. The van der Waals surface area contributed by atoms with Gasteiger partial charge < -0.3 is 88.4 Å². The second kappa shape index (κ2) is 52.9. The van der Waals surface area contributed by atoms with Gasteiger partial charge in [0.1, 0.15) is 66.1 Å². The number of rotatable bonds is 56. The number of thioether (sulfide) groups is 4. The van der Waals surface area contributed by atoms with E-state index in [-0.39, 0.29) is 94.7 Å². The predicted molar refractivity (Wildman–Crippen MR) is 534 cm³/mol. The third-order valence-electron chi connectivity index (χ3n) is 23.3. The van der Waals surface area contributed by atoms with Crippen molar-refractivity contribution in [3.63, 3.8) is 0 Å². The number of fused-ring (bicyclic) bond motifs is 20. The molecule has 9 rings (SSSR count). The molecule has 2 aliphatic rings. The van der Waals surface area contributed by atoms with E-state index in [0.717, 1.165) is 126 Å². The molecule has 0 spiro atoms. The van der Waals surface area contributed by atoms with Crippen LogP contribution in [0.1, 0.15) is 219 Å². The van der Waals surface area contributed by atoms with Gasteiger partial charge in [0, 0.05) is 86.8 Å². The summed E-state index contributed by atoms with van der Waals surface area (Å²) in [5, 5.41) is 3.40. The van der Waals surface area contributed by atoms with Gasteiger partial charge in [-0.3, -0.25) is 0 Å². The second-order valence-corrected chi connectivity index (χ2v) is 42.3. The number of aromatic nitrogens is 8. The number of nitrogens with zero attached hydrogens (tertiary/aromatic N) is 12. The molecule has 0 saturated carbocycles. The number of benzene rings is 4. The summed E-state index contributed by atoms with van der Waals surface area (Å²) in [6.07, 6.45) is 5.70. The summed E-state index contributed by atoms with van der Waals surface area (Å²) in [7, 11) is 2.30. The Kier molecular flexibility index (Phi) is 44.9. The fraction of sp³-hybridized carbons (Fsp3) is 0.670. The van der Waals surface area contributed by atoms with Crippen LogP contribution in [-0.4, -0.2) is 211 Å². The van der Waals surface area contributed by atoms with E-state index in [0.29, 0.717) is 231 Å². The normalized spacial score (nSPS) is 12.4. The molecule has 0 amide bonds. The van der Waals surface area contributed by atoms with E-state index in [4.69, 9.17) is 128 Å². The Morgan fingerprint density at radius 2 is 0.520 bits per heavy atom. The predicted octanol–water partition coefficient (Wildman–Crippen LogP) is 26.0. The fourth-order valence-corrected chi connectivity index (χ4v) is 20.4. The Balaban J connectivity index is 0.00000743. The van der Waals surface area contributed by atoms with Crippen molar-refractivity contribution in [3.05, 3.63) is 20.1 Å². The zero-order valence-electron chi connectivity index (χ0n) is 81.9. The summed E-state index contributed by atoms with van der Waals surface area (Å²) in [5.41, 5.74) is 2.72. The number of hydrogen-bond acceptors (Lipinski definition) is 22. The van der Waals surface area contributed by atoms with E-state index in [1.54, 1.807) is 47.0 Å². The van der Waals surface area contributed by atoms with Crippen LogP contribution < -0.4 is 47.9 Å². The fourth-order valence-electron chi connectivity index (χ4n) is 14.4. The summed E-state index contributed by atoms with van der Waals surface area (Å²) >= 11 is 40.6. The van der Waals surface area contributed by atoms with Crippen LogP contribution in [0.25, 0.3) is 89.7 Å². The molecule has 3 aromatic heterocycles. The third-order valence-corrected chi connectivity index (χ3v) is 29.5. The number of ether oxygens (including phenoxy) is 8. The van der Waals surface area contributed by atoms with E-state index in [1.165, 1.54) is 0 Å². The summed E-state index contributed by atoms with van der Waals surface area (Å²) < 4.78 is 68.0. The second-order valence-electron chi connectivity index (χ2n) is 36.4. The molecule has 0 fully saturated rings. The summed E-state index contributed by atoms with van der Waals surface area (Å²) in [6.45, 7) is 65.6. The molecule has 2 aliphatic heterocycles. The monoisotopic (exact) mass is 1950 g/mol. The molecule has 21 nitrogen and oxygen atoms in total. The van der Waals surface area contributed by atoms with Gasteiger partial charge in [-0.25, -0.2) is 9.97 Å². The van der Waals surface area contributed by atoms with Gasteiger partial charge in [0.2, 0.25) is 0 Å². The molecule has 707 valence electrons. The Hall–Kier alpha value is -4.58. The quantitative estimate of drug-likeness (QED) is 0.0257. The van der Waals surface area contributed by atoms with Crippen molar-refractivity contribution in [1.29, 1.82) is 0 Å². The van der Waals surface area contributed by atoms with E-state index >= 15 is 0 Å². The first-order valence-corrected chi connectivity index (χ1v) is 52.9. The standard InChI is InChI=1S/C97H147Cl4N12O8S4.O.V.H/c1-26-110(27-2)42-54-122-86-74(98)78(114-46-34-58(9)10)66-70(82(86)118-50-38-62(17)18)94-102-90(66)104-95-72-68(80(116-48-36-60(13)14)76(100)88(84(72)120-52-40-64(21)22)124-56-44-112(30-5)31-6)92(106-95)108-97-73-69(81(117-49-37-61(15)16)77(101)89(85(73)121-53-41-65(23)24)125-57-45-113(25,32-7)33-8)93(109-97)107-96-71-67(91(103-94)105-96)79(115-47-35-59(11)12)75(99)87(83(71)119-51-39-63(19)20)123-55-43-111(28-3)29-4;;;/h58-65H,26-57H2,1-25H3;;;/q-1;;+2;-1/i;;;1+2. The molecular formula is C97H148Cl4N12O9S4V. The van der Waals surface area contributed by atoms with Gasteiger partial charge in [-0.1, -0.05) is 199 Å². The molecule has 30 heteroatoms. The van der Waals surface area contributed by atoms with Crippen molar-refractivity contribution in [2.24, 2.45) is 47.3 Å². The molecule has 127 heavy (non-hydrogen) atoms. The first-order valence-electron chi connectivity index (χ1n) is 46.8. The Bertz CT molecular complexity index is 4760. The van der Waals surface area contributed by atoms with Gasteiger partial charge in [0.25, 0.3) is 0 Å². The molecular weight excluding hydrogens is 1800 g/mol. The third kappa shape index (κ3) is 28.5. The average Bonchev–Trinajstić information content (AvgIpc) is 1.55. The van der Waals surface area contributed by atoms with Crippen molar-refractivity contribution in [2.75, 3.05) is 161 Å². The Morgan fingerprint density at radius 3 is 0.764 bits per heavy atom. The molecule has 4 aromatic carbocycles. The zero-order chi connectivity index (χ0) is 93.1.